The Hall–Kier alpha value is -2.09. The average Bonchev–Trinajstić information content (AvgIpc) is 2.56. The number of benzene rings is 1. The predicted molar refractivity (Wildman–Crippen MR) is 88.3 cm³/mol. The largest absolute Gasteiger partial charge is 0.478 e. The molecule has 0 aliphatic carbocycles. The lowest BCUT2D eigenvalue weighted by Crippen LogP contribution is -2.57. The Morgan fingerprint density at radius 1 is 1.39 bits per heavy atom. The Morgan fingerprint density at radius 3 is 2.74 bits per heavy atom. The van der Waals surface area contributed by atoms with Crippen LogP contribution in [0, 0.1) is 17.8 Å². The van der Waals surface area contributed by atoms with E-state index in [-0.39, 0.29) is 17.7 Å². The number of hydrogen-bond acceptors (Lipinski definition) is 3. The summed E-state index contributed by atoms with van der Waals surface area (Å²) < 4.78 is 0. The SMILES string of the molecule is C=CCc1cc(C(=O)O)ccc1C#CC1C(O)C2CCN1CC2. The summed E-state index contributed by atoms with van der Waals surface area (Å²) in [5.74, 6) is 5.79. The fraction of sp³-hybridized carbons (Fsp3) is 0.421. The van der Waals surface area contributed by atoms with Gasteiger partial charge in [-0.3, -0.25) is 4.90 Å². The highest BCUT2D eigenvalue weighted by atomic mass is 16.4. The number of aliphatic hydroxyl groups is 1. The lowest BCUT2D eigenvalue weighted by atomic mass is 9.81. The molecule has 3 saturated heterocycles. The molecule has 3 aliphatic heterocycles. The highest BCUT2D eigenvalue weighted by Gasteiger charge is 2.40. The molecule has 1 aromatic rings. The van der Waals surface area contributed by atoms with Gasteiger partial charge in [0.15, 0.2) is 0 Å². The van der Waals surface area contributed by atoms with Crippen LogP contribution in [0.4, 0.5) is 0 Å². The van der Waals surface area contributed by atoms with Crippen molar-refractivity contribution < 1.29 is 15.0 Å². The first kappa shape index (κ1) is 15.8. The highest BCUT2D eigenvalue weighted by molar-refractivity contribution is 5.88. The van der Waals surface area contributed by atoms with Crippen molar-refractivity contribution >= 4 is 5.97 Å². The minimum absolute atomic E-state index is 0.113. The molecule has 2 atom stereocenters. The van der Waals surface area contributed by atoms with E-state index in [9.17, 15) is 9.90 Å². The van der Waals surface area contributed by atoms with Crippen molar-refractivity contribution in [1.82, 2.24) is 4.90 Å². The van der Waals surface area contributed by atoms with Crippen LogP contribution in [0.15, 0.2) is 30.9 Å². The number of aromatic carboxylic acids is 1. The van der Waals surface area contributed by atoms with E-state index in [0.717, 1.165) is 37.1 Å². The van der Waals surface area contributed by atoms with E-state index in [1.165, 1.54) is 0 Å². The van der Waals surface area contributed by atoms with Crippen molar-refractivity contribution in [2.75, 3.05) is 13.1 Å². The topological polar surface area (TPSA) is 60.8 Å². The van der Waals surface area contributed by atoms with Gasteiger partial charge in [0, 0.05) is 5.56 Å². The summed E-state index contributed by atoms with van der Waals surface area (Å²) in [6.07, 6.45) is 4.03. The summed E-state index contributed by atoms with van der Waals surface area (Å²) in [6, 6.07) is 4.86. The van der Waals surface area contributed by atoms with Gasteiger partial charge in [0.1, 0.15) is 0 Å². The Kier molecular flexibility index (Phi) is 4.51. The second-order valence-electron chi connectivity index (χ2n) is 6.25. The van der Waals surface area contributed by atoms with Crippen molar-refractivity contribution in [2.45, 2.75) is 31.4 Å². The number of aliphatic hydroxyl groups excluding tert-OH is 1. The molecular weight excluding hydrogens is 290 g/mol. The van der Waals surface area contributed by atoms with Gasteiger partial charge >= 0.3 is 5.97 Å². The first-order chi connectivity index (χ1) is 11.1. The second-order valence-corrected chi connectivity index (χ2v) is 6.25. The molecule has 3 fully saturated rings. The number of hydrogen-bond donors (Lipinski definition) is 2. The minimum atomic E-state index is -0.944. The molecule has 4 rings (SSSR count). The molecule has 120 valence electrons. The molecule has 4 nitrogen and oxygen atoms in total. The van der Waals surface area contributed by atoms with Gasteiger partial charge < -0.3 is 10.2 Å². The lowest BCUT2D eigenvalue weighted by Gasteiger charge is -2.46. The van der Waals surface area contributed by atoms with Gasteiger partial charge in [-0.1, -0.05) is 17.9 Å². The summed E-state index contributed by atoms with van der Waals surface area (Å²) >= 11 is 0. The third kappa shape index (κ3) is 3.17. The average molecular weight is 311 g/mol. The van der Waals surface area contributed by atoms with Gasteiger partial charge in [-0.25, -0.2) is 4.79 Å². The molecule has 1 aromatic carbocycles. The number of rotatable bonds is 3. The molecule has 2 bridgehead atoms. The maximum Gasteiger partial charge on any atom is 0.335 e. The summed E-state index contributed by atoms with van der Waals surface area (Å²) in [5, 5.41) is 19.5. The Balaban J connectivity index is 1.88. The molecule has 0 radical (unpaired) electrons. The second kappa shape index (κ2) is 6.57. The molecular formula is C19H21NO3. The normalized spacial score (nSPS) is 28.7. The zero-order valence-corrected chi connectivity index (χ0v) is 13.0. The molecule has 2 unspecified atom stereocenters. The summed E-state index contributed by atoms with van der Waals surface area (Å²) in [4.78, 5) is 13.3. The highest BCUT2D eigenvalue weighted by Crippen LogP contribution is 2.32. The molecule has 0 saturated carbocycles. The van der Waals surface area contributed by atoms with Gasteiger partial charge in [-0.15, -0.1) is 6.58 Å². The van der Waals surface area contributed by atoms with Crippen molar-refractivity contribution in [2.24, 2.45) is 5.92 Å². The maximum atomic E-state index is 11.1. The summed E-state index contributed by atoms with van der Waals surface area (Å²) in [6.45, 7) is 5.72. The van der Waals surface area contributed by atoms with Crippen LogP contribution in [-0.2, 0) is 6.42 Å². The number of carboxylic acid groups (broad SMARTS) is 1. The van der Waals surface area contributed by atoms with E-state index in [4.69, 9.17) is 5.11 Å². The first-order valence-corrected chi connectivity index (χ1v) is 8.01. The predicted octanol–water partition coefficient (Wildman–Crippen LogP) is 1.92. The molecule has 3 aliphatic rings. The van der Waals surface area contributed by atoms with Crippen LogP contribution in [0.3, 0.4) is 0 Å². The molecule has 3 heterocycles. The zero-order chi connectivity index (χ0) is 16.4. The summed E-state index contributed by atoms with van der Waals surface area (Å²) in [5.41, 5.74) is 1.93. The maximum absolute atomic E-state index is 11.1. The van der Waals surface area contributed by atoms with Crippen LogP contribution in [0.2, 0.25) is 0 Å². The Bertz CT molecular complexity index is 676. The zero-order valence-electron chi connectivity index (χ0n) is 13.0. The Morgan fingerprint density at radius 2 is 2.13 bits per heavy atom. The number of carbonyl (C=O) groups is 1. The van der Waals surface area contributed by atoms with Crippen molar-refractivity contribution in [1.29, 1.82) is 0 Å². The minimum Gasteiger partial charge on any atom is -0.478 e. The molecule has 23 heavy (non-hydrogen) atoms. The van der Waals surface area contributed by atoms with Crippen molar-refractivity contribution in [3.8, 4) is 11.8 Å². The number of piperidine rings is 3. The van der Waals surface area contributed by atoms with Gasteiger partial charge in [0.05, 0.1) is 17.7 Å². The third-order valence-electron chi connectivity index (χ3n) is 4.85. The number of nitrogens with zero attached hydrogens (tertiary/aromatic N) is 1. The fourth-order valence-electron chi connectivity index (χ4n) is 3.51. The monoisotopic (exact) mass is 311 g/mol. The molecule has 0 amide bonds. The molecule has 0 aromatic heterocycles. The first-order valence-electron chi connectivity index (χ1n) is 8.01. The van der Waals surface area contributed by atoms with E-state index in [1.54, 1.807) is 24.3 Å². The smallest absolute Gasteiger partial charge is 0.335 e. The number of allylic oxidation sites excluding steroid dienone is 1. The molecule has 4 heteroatoms. The van der Waals surface area contributed by atoms with Crippen LogP contribution in [0.25, 0.3) is 0 Å². The van der Waals surface area contributed by atoms with Gasteiger partial charge in [-0.2, -0.15) is 0 Å². The summed E-state index contributed by atoms with van der Waals surface area (Å²) in [7, 11) is 0. The van der Waals surface area contributed by atoms with Crippen molar-refractivity contribution in [3.05, 3.63) is 47.5 Å². The van der Waals surface area contributed by atoms with Crippen LogP contribution >= 0.6 is 0 Å². The van der Waals surface area contributed by atoms with E-state index in [0.29, 0.717) is 12.3 Å². The number of carboxylic acids is 1. The van der Waals surface area contributed by atoms with Crippen LogP contribution < -0.4 is 0 Å². The van der Waals surface area contributed by atoms with E-state index in [2.05, 4.69) is 23.3 Å². The van der Waals surface area contributed by atoms with Crippen LogP contribution in [0.1, 0.15) is 34.3 Å². The van der Waals surface area contributed by atoms with Gasteiger partial charge in [-0.05, 0) is 62.0 Å². The van der Waals surface area contributed by atoms with E-state index >= 15 is 0 Å². The third-order valence-corrected chi connectivity index (χ3v) is 4.85. The number of fused-ring (bicyclic) bond motifs is 3. The van der Waals surface area contributed by atoms with Crippen molar-refractivity contribution in [3.63, 3.8) is 0 Å². The molecule has 0 spiro atoms. The van der Waals surface area contributed by atoms with E-state index < -0.39 is 5.97 Å². The Labute approximate surface area is 136 Å². The fourth-order valence-corrected chi connectivity index (χ4v) is 3.51. The van der Waals surface area contributed by atoms with Gasteiger partial charge in [0.25, 0.3) is 0 Å². The molecule has 2 N–H and O–H groups in total. The van der Waals surface area contributed by atoms with Crippen LogP contribution in [0.5, 0.6) is 0 Å². The van der Waals surface area contributed by atoms with Gasteiger partial charge in [0.2, 0.25) is 0 Å². The lowest BCUT2D eigenvalue weighted by molar-refractivity contribution is -0.0500. The van der Waals surface area contributed by atoms with Crippen LogP contribution in [-0.4, -0.2) is 46.3 Å². The standard InChI is InChI=1S/C19H21NO3/c1-2-3-15-12-16(19(22)23)5-4-13(15)6-7-17-18(21)14-8-10-20(17)11-9-14/h2,4-5,12,14,17-18,21H,1,3,8-11H2,(H,22,23). The quantitative estimate of drug-likeness (QED) is 0.661. The van der Waals surface area contributed by atoms with E-state index in [1.807, 2.05) is 0 Å².